The van der Waals surface area contributed by atoms with E-state index in [2.05, 4.69) is 20.4 Å². The number of carbonyl (C=O) groups excluding carboxylic acids is 1. The highest BCUT2D eigenvalue weighted by Crippen LogP contribution is 2.29. The molecule has 4 aromatic rings. The molecule has 0 saturated carbocycles. The van der Waals surface area contributed by atoms with Crippen LogP contribution >= 0.6 is 0 Å². The molecule has 0 atom stereocenters. The second-order valence-corrected chi connectivity index (χ2v) is 6.40. The van der Waals surface area contributed by atoms with E-state index < -0.39 is 29.3 Å². The summed E-state index contributed by atoms with van der Waals surface area (Å²) in [5.74, 6) is -2.88. The minimum absolute atomic E-state index is 0.00855. The summed E-state index contributed by atoms with van der Waals surface area (Å²) in [6.07, 6.45) is -1.94. The van der Waals surface area contributed by atoms with Gasteiger partial charge in [0.05, 0.1) is 23.3 Å². The number of hydrogen-bond acceptors (Lipinski definition) is 3. The lowest BCUT2D eigenvalue weighted by Gasteiger charge is -2.09. The SMILES string of the molecule is O=C(Nc1c[nH]c2cc(F)c(F)cc12)c1ncnn1Cc1ccc(C(F)(F)F)cc1. The summed E-state index contributed by atoms with van der Waals surface area (Å²) in [5, 5.41) is 6.72. The highest BCUT2D eigenvalue weighted by atomic mass is 19.4. The van der Waals surface area contributed by atoms with E-state index in [0.29, 0.717) is 5.56 Å². The number of aromatic nitrogens is 4. The molecule has 4 rings (SSSR count). The van der Waals surface area contributed by atoms with E-state index >= 15 is 0 Å². The van der Waals surface area contributed by atoms with E-state index in [1.54, 1.807) is 0 Å². The predicted molar refractivity (Wildman–Crippen MR) is 96.7 cm³/mol. The zero-order valence-electron chi connectivity index (χ0n) is 15.0. The Bertz CT molecular complexity index is 1230. The zero-order chi connectivity index (χ0) is 21.5. The Morgan fingerprint density at radius 1 is 1.10 bits per heavy atom. The van der Waals surface area contributed by atoms with Crippen molar-refractivity contribution in [3.05, 3.63) is 77.5 Å². The molecule has 2 aromatic heterocycles. The molecule has 11 heteroatoms. The topological polar surface area (TPSA) is 75.6 Å². The van der Waals surface area contributed by atoms with Crippen molar-refractivity contribution in [3.8, 4) is 0 Å². The summed E-state index contributed by atoms with van der Waals surface area (Å²) < 4.78 is 66.1. The molecule has 0 bridgehead atoms. The number of hydrogen-bond donors (Lipinski definition) is 2. The molecular weight excluding hydrogens is 409 g/mol. The number of aromatic amines is 1. The van der Waals surface area contributed by atoms with E-state index in [4.69, 9.17) is 0 Å². The molecule has 2 aromatic carbocycles. The van der Waals surface area contributed by atoms with Crippen molar-refractivity contribution in [3.63, 3.8) is 0 Å². The van der Waals surface area contributed by atoms with Gasteiger partial charge in [0.1, 0.15) is 6.33 Å². The van der Waals surface area contributed by atoms with Gasteiger partial charge in [-0.2, -0.15) is 18.3 Å². The first-order chi connectivity index (χ1) is 14.2. The lowest BCUT2D eigenvalue weighted by molar-refractivity contribution is -0.137. The highest BCUT2D eigenvalue weighted by molar-refractivity contribution is 6.07. The maximum absolute atomic E-state index is 13.5. The maximum Gasteiger partial charge on any atom is 0.416 e. The zero-order valence-corrected chi connectivity index (χ0v) is 15.0. The molecule has 154 valence electrons. The summed E-state index contributed by atoms with van der Waals surface area (Å²) in [7, 11) is 0. The normalized spacial score (nSPS) is 11.8. The van der Waals surface area contributed by atoms with Gasteiger partial charge >= 0.3 is 6.18 Å². The van der Waals surface area contributed by atoms with Crippen molar-refractivity contribution < 1.29 is 26.7 Å². The number of alkyl halides is 3. The Morgan fingerprint density at radius 3 is 2.50 bits per heavy atom. The molecule has 2 heterocycles. The van der Waals surface area contributed by atoms with Crippen LogP contribution in [-0.4, -0.2) is 25.7 Å². The second kappa shape index (κ2) is 7.25. The van der Waals surface area contributed by atoms with Crippen LogP contribution in [0.25, 0.3) is 10.9 Å². The van der Waals surface area contributed by atoms with Gasteiger partial charge in [0.2, 0.25) is 5.82 Å². The third kappa shape index (κ3) is 3.73. The van der Waals surface area contributed by atoms with Gasteiger partial charge in [0, 0.05) is 17.6 Å². The fourth-order valence-corrected chi connectivity index (χ4v) is 2.93. The average molecular weight is 421 g/mol. The van der Waals surface area contributed by atoms with Crippen molar-refractivity contribution in [1.82, 2.24) is 19.7 Å². The van der Waals surface area contributed by atoms with Gasteiger partial charge in [-0.3, -0.25) is 4.79 Å². The minimum Gasteiger partial charge on any atom is -0.359 e. The fourth-order valence-electron chi connectivity index (χ4n) is 2.93. The highest BCUT2D eigenvalue weighted by Gasteiger charge is 2.30. The Labute approximate surface area is 165 Å². The monoisotopic (exact) mass is 421 g/mol. The van der Waals surface area contributed by atoms with Crippen LogP contribution in [0.4, 0.5) is 27.6 Å². The molecule has 0 fully saturated rings. The second-order valence-electron chi connectivity index (χ2n) is 6.40. The summed E-state index contributed by atoms with van der Waals surface area (Å²) in [6, 6.07) is 6.35. The molecule has 0 spiro atoms. The summed E-state index contributed by atoms with van der Waals surface area (Å²) in [4.78, 5) is 19.2. The molecule has 2 N–H and O–H groups in total. The molecular formula is C19H12F5N5O. The van der Waals surface area contributed by atoms with Gasteiger partial charge in [-0.25, -0.2) is 18.4 Å². The third-order valence-corrected chi connectivity index (χ3v) is 4.40. The Balaban J connectivity index is 1.54. The molecule has 0 aliphatic carbocycles. The van der Waals surface area contributed by atoms with Gasteiger partial charge in [-0.05, 0) is 23.8 Å². The molecule has 6 nitrogen and oxygen atoms in total. The van der Waals surface area contributed by atoms with E-state index in [0.717, 1.165) is 30.6 Å². The van der Waals surface area contributed by atoms with Gasteiger partial charge in [-0.15, -0.1) is 0 Å². The lowest BCUT2D eigenvalue weighted by atomic mass is 10.1. The van der Waals surface area contributed by atoms with Crippen LogP contribution in [0.3, 0.4) is 0 Å². The van der Waals surface area contributed by atoms with Crippen LogP contribution in [0.2, 0.25) is 0 Å². The van der Waals surface area contributed by atoms with Gasteiger partial charge in [0.25, 0.3) is 5.91 Å². The molecule has 0 aliphatic rings. The summed E-state index contributed by atoms with van der Waals surface area (Å²) in [5.41, 5.74) is 0.186. The van der Waals surface area contributed by atoms with Crippen molar-refractivity contribution >= 4 is 22.5 Å². The molecule has 30 heavy (non-hydrogen) atoms. The Morgan fingerprint density at radius 2 is 1.80 bits per heavy atom. The first-order valence-corrected chi connectivity index (χ1v) is 8.54. The van der Waals surface area contributed by atoms with Crippen molar-refractivity contribution in [1.29, 1.82) is 0 Å². The number of halogens is 5. The quantitative estimate of drug-likeness (QED) is 0.481. The molecule has 0 aliphatic heterocycles. The van der Waals surface area contributed by atoms with E-state index in [9.17, 15) is 26.7 Å². The largest absolute Gasteiger partial charge is 0.416 e. The number of nitrogens with zero attached hydrogens (tertiary/aromatic N) is 3. The van der Waals surface area contributed by atoms with Crippen LogP contribution in [0.15, 0.2) is 48.9 Å². The van der Waals surface area contributed by atoms with Crippen molar-refractivity contribution in [2.75, 3.05) is 5.32 Å². The number of nitrogens with one attached hydrogen (secondary N) is 2. The van der Waals surface area contributed by atoms with Gasteiger partial charge < -0.3 is 10.3 Å². The predicted octanol–water partition coefficient (Wildman–Crippen LogP) is 4.36. The number of H-pyrrole nitrogens is 1. The average Bonchev–Trinajstić information content (AvgIpc) is 3.29. The van der Waals surface area contributed by atoms with Crippen LogP contribution in [0, 0.1) is 11.6 Å². The van der Waals surface area contributed by atoms with E-state index in [-0.39, 0.29) is 29.0 Å². The van der Waals surface area contributed by atoms with Crippen LogP contribution in [0.5, 0.6) is 0 Å². The first kappa shape index (κ1) is 19.6. The number of anilines is 1. The minimum atomic E-state index is -4.45. The Hall–Kier alpha value is -3.76. The van der Waals surface area contributed by atoms with E-state index in [1.165, 1.54) is 23.0 Å². The number of carbonyl (C=O) groups is 1. The summed E-state index contributed by atoms with van der Waals surface area (Å²) in [6.45, 7) is 0.00855. The maximum atomic E-state index is 13.5. The van der Waals surface area contributed by atoms with Gasteiger partial charge in [0.15, 0.2) is 11.6 Å². The fraction of sp³-hybridized carbons (Fsp3) is 0.105. The molecule has 1 amide bonds. The molecule has 0 radical (unpaired) electrons. The standard InChI is InChI=1S/C19H12F5N5O/c20-13-5-12-15(6-14(13)21)25-7-16(12)28-18(30)17-26-9-27-29(17)8-10-1-3-11(4-2-10)19(22,23)24/h1-7,9,25H,8H2,(H,28,30). The summed E-state index contributed by atoms with van der Waals surface area (Å²) >= 11 is 0. The van der Waals surface area contributed by atoms with E-state index in [1.807, 2.05) is 0 Å². The molecule has 0 saturated heterocycles. The lowest BCUT2D eigenvalue weighted by Crippen LogP contribution is -2.19. The van der Waals surface area contributed by atoms with Gasteiger partial charge in [-0.1, -0.05) is 12.1 Å². The molecule has 0 unspecified atom stereocenters. The van der Waals surface area contributed by atoms with Crippen LogP contribution < -0.4 is 5.32 Å². The number of amides is 1. The number of benzene rings is 2. The van der Waals surface area contributed by atoms with Crippen molar-refractivity contribution in [2.24, 2.45) is 0 Å². The number of fused-ring (bicyclic) bond motifs is 1. The smallest absolute Gasteiger partial charge is 0.359 e. The van der Waals surface area contributed by atoms with Crippen LogP contribution in [-0.2, 0) is 12.7 Å². The van der Waals surface area contributed by atoms with Crippen LogP contribution in [0.1, 0.15) is 21.7 Å². The van der Waals surface area contributed by atoms with Crippen molar-refractivity contribution in [2.45, 2.75) is 12.7 Å². The first-order valence-electron chi connectivity index (χ1n) is 8.54. The Kier molecular flexibility index (Phi) is 4.72. The number of rotatable bonds is 4. The third-order valence-electron chi connectivity index (χ3n) is 4.40.